The summed E-state index contributed by atoms with van der Waals surface area (Å²) in [5.41, 5.74) is 1.67. The van der Waals surface area contributed by atoms with Crippen molar-refractivity contribution < 1.29 is 22.7 Å². The minimum atomic E-state index is -3.33. The minimum Gasteiger partial charge on any atom is -0.491 e. The summed E-state index contributed by atoms with van der Waals surface area (Å²) < 4.78 is 35.7. The Bertz CT molecular complexity index is 911. The molecule has 0 heterocycles. The molecule has 2 aromatic carbocycles. The Morgan fingerprint density at radius 3 is 2.14 bits per heavy atom. The average Bonchev–Trinajstić information content (AvgIpc) is 2.66. The van der Waals surface area contributed by atoms with Gasteiger partial charge < -0.3 is 14.8 Å². The Labute approximate surface area is 172 Å². The van der Waals surface area contributed by atoms with Gasteiger partial charge >= 0.3 is 0 Å². The van der Waals surface area contributed by atoms with Crippen LogP contribution in [-0.2, 0) is 14.8 Å². The van der Waals surface area contributed by atoms with Crippen LogP contribution >= 0.6 is 0 Å². The highest BCUT2D eigenvalue weighted by molar-refractivity contribution is 7.92. The fourth-order valence-electron chi connectivity index (χ4n) is 2.44. The number of amides is 1. The molecule has 29 heavy (non-hydrogen) atoms. The van der Waals surface area contributed by atoms with Gasteiger partial charge in [0.15, 0.2) is 6.10 Å². The molecule has 0 radical (unpaired) electrons. The van der Waals surface area contributed by atoms with Crippen LogP contribution < -0.4 is 19.1 Å². The first-order valence-electron chi connectivity index (χ1n) is 9.26. The molecule has 8 heteroatoms. The lowest BCUT2D eigenvalue weighted by Crippen LogP contribution is -2.43. The van der Waals surface area contributed by atoms with E-state index >= 15 is 0 Å². The van der Waals surface area contributed by atoms with E-state index in [2.05, 4.69) is 5.32 Å². The first-order valence-corrected chi connectivity index (χ1v) is 11.1. The van der Waals surface area contributed by atoms with E-state index in [1.54, 1.807) is 31.2 Å². The highest BCUT2D eigenvalue weighted by Crippen LogP contribution is 2.21. The first kappa shape index (κ1) is 22.5. The molecule has 0 saturated carbocycles. The number of ether oxygens (including phenoxy) is 2. The zero-order chi connectivity index (χ0) is 21.6. The molecule has 0 aromatic heterocycles. The summed E-state index contributed by atoms with van der Waals surface area (Å²) in [6.07, 6.45) is 0.420. The lowest BCUT2D eigenvalue weighted by Gasteiger charge is -2.20. The van der Waals surface area contributed by atoms with Gasteiger partial charge in [0, 0.05) is 7.05 Å². The third kappa shape index (κ3) is 6.98. The van der Waals surface area contributed by atoms with E-state index in [0.717, 1.165) is 17.6 Å². The van der Waals surface area contributed by atoms with Crippen molar-refractivity contribution in [3.63, 3.8) is 0 Å². The summed E-state index contributed by atoms with van der Waals surface area (Å²) >= 11 is 0. The Hall–Kier alpha value is -2.74. The van der Waals surface area contributed by atoms with E-state index in [1.165, 1.54) is 11.4 Å². The molecule has 0 aliphatic heterocycles. The van der Waals surface area contributed by atoms with E-state index < -0.39 is 16.1 Å². The van der Waals surface area contributed by atoms with Gasteiger partial charge in [0.25, 0.3) is 5.91 Å². The van der Waals surface area contributed by atoms with Crippen molar-refractivity contribution in [3.8, 4) is 11.5 Å². The second-order valence-corrected chi connectivity index (χ2v) is 9.03. The number of nitrogens with zero attached hydrogens (tertiary/aromatic N) is 1. The number of sulfonamides is 1. The van der Waals surface area contributed by atoms with Crippen LogP contribution in [0.1, 0.15) is 19.4 Å². The Morgan fingerprint density at radius 1 is 1.03 bits per heavy atom. The number of hydrogen-bond donors (Lipinski definition) is 1. The summed E-state index contributed by atoms with van der Waals surface area (Å²) in [6.45, 7) is 5.85. The van der Waals surface area contributed by atoms with Crippen molar-refractivity contribution in [1.29, 1.82) is 0 Å². The molecule has 2 atom stereocenters. The van der Waals surface area contributed by atoms with Crippen LogP contribution in [-0.4, -0.2) is 46.4 Å². The van der Waals surface area contributed by atoms with Crippen molar-refractivity contribution in [3.05, 3.63) is 54.1 Å². The van der Waals surface area contributed by atoms with E-state index in [-0.39, 0.29) is 11.9 Å². The fourth-order valence-corrected chi connectivity index (χ4v) is 2.95. The maximum Gasteiger partial charge on any atom is 0.261 e. The molecule has 158 valence electrons. The van der Waals surface area contributed by atoms with Crippen LogP contribution in [0.5, 0.6) is 11.5 Å². The summed E-state index contributed by atoms with van der Waals surface area (Å²) in [7, 11) is -1.86. The Kier molecular flexibility index (Phi) is 7.50. The van der Waals surface area contributed by atoms with Gasteiger partial charge in [-0.2, -0.15) is 0 Å². The van der Waals surface area contributed by atoms with Crippen molar-refractivity contribution >= 4 is 21.6 Å². The molecule has 2 aromatic rings. The number of anilines is 1. The highest BCUT2D eigenvalue weighted by atomic mass is 32.2. The Morgan fingerprint density at radius 2 is 1.59 bits per heavy atom. The smallest absolute Gasteiger partial charge is 0.261 e. The summed E-state index contributed by atoms with van der Waals surface area (Å²) in [5.74, 6) is 0.962. The topological polar surface area (TPSA) is 84.9 Å². The molecule has 0 fully saturated rings. The van der Waals surface area contributed by atoms with Gasteiger partial charge in [0.2, 0.25) is 10.0 Å². The van der Waals surface area contributed by atoms with Gasteiger partial charge in [-0.15, -0.1) is 0 Å². The maximum atomic E-state index is 12.3. The lowest BCUT2D eigenvalue weighted by atomic mass is 10.2. The molecule has 0 aliphatic carbocycles. The van der Waals surface area contributed by atoms with E-state index in [0.29, 0.717) is 18.0 Å². The average molecular weight is 421 g/mol. The number of aryl methyl sites for hydroxylation is 1. The third-order valence-electron chi connectivity index (χ3n) is 4.29. The van der Waals surface area contributed by atoms with Gasteiger partial charge in [-0.3, -0.25) is 9.10 Å². The normalized spacial score (nSPS) is 13.3. The number of hydrogen-bond acceptors (Lipinski definition) is 5. The second-order valence-electron chi connectivity index (χ2n) is 7.02. The van der Waals surface area contributed by atoms with Crippen LogP contribution in [0.2, 0.25) is 0 Å². The quantitative estimate of drug-likeness (QED) is 0.674. The minimum absolute atomic E-state index is 0.194. The predicted octanol–water partition coefficient (Wildman–Crippen LogP) is 2.74. The zero-order valence-electron chi connectivity index (χ0n) is 17.4. The van der Waals surface area contributed by atoms with E-state index in [9.17, 15) is 13.2 Å². The van der Waals surface area contributed by atoms with Gasteiger partial charge in [-0.05, 0) is 57.2 Å². The standard InChI is InChI=1S/C21H28N2O5S/c1-15-6-10-19(11-7-15)27-14-16(2)22-21(24)17(3)28-20-12-8-18(9-13-20)23(4)29(5,25)26/h6-13,16-17H,14H2,1-5H3,(H,22,24)/t16-,17-/m0/s1. The molecule has 2 rings (SSSR count). The third-order valence-corrected chi connectivity index (χ3v) is 5.50. The maximum absolute atomic E-state index is 12.3. The van der Waals surface area contributed by atoms with Crippen LogP contribution in [0.3, 0.4) is 0 Å². The lowest BCUT2D eigenvalue weighted by molar-refractivity contribution is -0.128. The molecule has 0 spiro atoms. The van der Waals surface area contributed by atoms with E-state index in [4.69, 9.17) is 9.47 Å². The molecule has 0 saturated heterocycles. The van der Waals surface area contributed by atoms with Crippen molar-refractivity contribution in [2.45, 2.75) is 32.9 Å². The fraction of sp³-hybridized carbons (Fsp3) is 0.381. The Balaban J connectivity index is 1.84. The number of carbonyl (C=O) groups excluding carboxylic acids is 1. The van der Waals surface area contributed by atoms with Crippen LogP contribution in [0, 0.1) is 6.92 Å². The molecular formula is C21H28N2O5S. The van der Waals surface area contributed by atoms with Crippen molar-refractivity contribution in [2.24, 2.45) is 0 Å². The largest absolute Gasteiger partial charge is 0.491 e. The van der Waals surface area contributed by atoms with Gasteiger partial charge in [-0.25, -0.2) is 8.42 Å². The van der Waals surface area contributed by atoms with Crippen molar-refractivity contribution in [2.75, 3.05) is 24.2 Å². The summed E-state index contributed by atoms with van der Waals surface area (Å²) in [5, 5.41) is 2.85. The van der Waals surface area contributed by atoms with Gasteiger partial charge in [-0.1, -0.05) is 17.7 Å². The number of rotatable bonds is 9. The molecule has 1 amide bonds. The van der Waals surface area contributed by atoms with Crippen molar-refractivity contribution in [1.82, 2.24) is 5.32 Å². The monoisotopic (exact) mass is 420 g/mol. The molecule has 0 aliphatic rings. The van der Waals surface area contributed by atoms with Gasteiger partial charge in [0.1, 0.15) is 18.1 Å². The van der Waals surface area contributed by atoms with E-state index in [1.807, 2.05) is 38.1 Å². The highest BCUT2D eigenvalue weighted by Gasteiger charge is 2.18. The predicted molar refractivity (Wildman–Crippen MR) is 114 cm³/mol. The van der Waals surface area contributed by atoms with Crippen LogP contribution in [0.15, 0.2) is 48.5 Å². The molecule has 0 unspecified atom stereocenters. The van der Waals surface area contributed by atoms with Crippen LogP contribution in [0.25, 0.3) is 0 Å². The number of carbonyl (C=O) groups is 1. The molecule has 1 N–H and O–H groups in total. The summed E-state index contributed by atoms with van der Waals surface area (Å²) in [4.78, 5) is 12.3. The molecule has 7 nitrogen and oxygen atoms in total. The van der Waals surface area contributed by atoms with Gasteiger partial charge in [0.05, 0.1) is 18.0 Å². The molecule has 0 bridgehead atoms. The second kappa shape index (κ2) is 9.65. The van der Waals surface area contributed by atoms with Crippen LogP contribution in [0.4, 0.5) is 5.69 Å². The molecular weight excluding hydrogens is 392 g/mol. The number of nitrogens with one attached hydrogen (secondary N) is 1. The summed E-state index contributed by atoms with van der Waals surface area (Å²) in [6, 6.07) is 14.0. The number of benzene rings is 2. The zero-order valence-corrected chi connectivity index (χ0v) is 18.2. The first-order chi connectivity index (χ1) is 13.6. The SMILES string of the molecule is Cc1ccc(OC[C@H](C)NC(=O)[C@H](C)Oc2ccc(N(C)S(C)(=O)=O)cc2)cc1.